The number of thioether (sulfide) groups is 1. The molecule has 1 amide bonds. The largest absolute Gasteiger partial charge is 0.326 e. The normalized spacial score (nSPS) is 11.7. The molecular formula is C21H30N4O3S2. The highest BCUT2D eigenvalue weighted by atomic mass is 32.2. The number of anilines is 1. The molecule has 0 aliphatic rings. The van der Waals surface area contributed by atoms with Crippen LogP contribution in [0, 0.1) is 20.8 Å². The molecule has 0 unspecified atom stereocenters. The molecular weight excluding hydrogens is 420 g/mol. The van der Waals surface area contributed by atoms with E-state index in [-0.39, 0.29) is 17.2 Å². The van der Waals surface area contributed by atoms with Crippen molar-refractivity contribution < 1.29 is 13.2 Å². The van der Waals surface area contributed by atoms with E-state index in [9.17, 15) is 13.2 Å². The summed E-state index contributed by atoms with van der Waals surface area (Å²) in [5.74, 6) is -0.183. The minimum atomic E-state index is -3.60. The Morgan fingerprint density at radius 3 is 2.23 bits per heavy atom. The van der Waals surface area contributed by atoms with Crippen LogP contribution in [0.1, 0.15) is 42.8 Å². The molecule has 0 spiro atoms. The lowest BCUT2D eigenvalue weighted by atomic mass is 10.1. The first kappa shape index (κ1) is 24.3. The molecule has 1 heterocycles. The summed E-state index contributed by atoms with van der Waals surface area (Å²) in [5, 5.41) is 3.54. The number of amides is 1. The maximum atomic E-state index is 12.9. The Hall–Kier alpha value is -1.97. The Kier molecular flexibility index (Phi) is 8.40. The van der Waals surface area contributed by atoms with E-state index >= 15 is 0 Å². The first-order chi connectivity index (χ1) is 14.1. The van der Waals surface area contributed by atoms with Crippen LogP contribution in [0.2, 0.25) is 0 Å². The molecule has 1 N–H and O–H groups in total. The van der Waals surface area contributed by atoms with Gasteiger partial charge in [0.05, 0.1) is 4.90 Å². The quantitative estimate of drug-likeness (QED) is 0.462. The molecule has 164 valence electrons. The number of benzene rings is 1. The topological polar surface area (TPSA) is 92.3 Å². The number of nitrogens with one attached hydrogen (secondary N) is 1. The van der Waals surface area contributed by atoms with E-state index in [1.807, 2.05) is 20.1 Å². The van der Waals surface area contributed by atoms with Gasteiger partial charge in [0.15, 0.2) is 5.16 Å². The first-order valence-electron chi connectivity index (χ1n) is 9.92. The Morgan fingerprint density at radius 2 is 1.70 bits per heavy atom. The lowest BCUT2D eigenvalue weighted by molar-refractivity contribution is -0.116. The highest BCUT2D eigenvalue weighted by molar-refractivity contribution is 7.98. The molecule has 0 aliphatic carbocycles. The molecule has 2 aromatic rings. The van der Waals surface area contributed by atoms with Crippen molar-refractivity contribution in [3.8, 4) is 0 Å². The summed E-state index contributed by atoms with van der Waals surface area (Å²) in [4.78, 5) is 21.6. The van der Waals surface area contributed by atoms with Crippen LogP contribution in [0.4, 0.5) is 5.69 Å². The van der Waals surface area contributed by atoms with Crippen molar-refractivity contribution >= 4 is 33.4 Å². The summed E-state index contributed by atoms with van der Waals surface area (Å²) >= 11 is 1.49. The second-order valence-corrected chi connectivity index (χ2v) is 9.66. The lowest BCUT2D eigenvalue weighted by Crippen LogP contribution is -2.31. The van der Waals surface area contributed by atoms with Gasteiger partial charge in [-0.25, -0.2) is 18.4 Å². The zero-order valence-corrected chi connectivity index (χ0v) is 20.1. The van der Waals surface area contributed by atoms with Gasteiger partial charge in [0.1, 0.15) is 0 Å². The molecule has 0 saturated heterocycles. The van der Waals surface area contributed by atoms with Gasteiger partial charge in [0, 0.05) is 36.6 Å². The molecule has 9 heteroatoms. The predicted octanol–water partition coefficient (Wildman–Crippen LogP) is 3.73. The van der Waals surface area contributed by atoms with Crippen LogP contribution in [-0.4, -0.2) is 47.9 Å². The standard InChI is InChI=1S/C21H30N4O3S2/c1-7-25(8-2)30(27,28)19-13-17(10-9-14(19)3)24-20(26)12-11-18-15(4)22-21(29-6)23-16(18)5/h9-10,13H,7-8,11-12H2,1-6H3,(H,24,26). The van der Waals surface area contributed by atoms with Crippen LogP contribution in [0.3, 0.4) is 0 Å². The SMILES string of the molecule is CCN(CC)S(=O)(=O)c1cc(NC(=O)CCc2c(C)nc(SC)nc2C)ccc1C. The van der Waals surface area contributed by atoms with Gasteiger partial charge in [-0.05, 0) is 56.7 Å². The van der Waals surface area contributed by atoms with Crippen molar-refractivity contribution in [2.24, 2.45) is 0 Å². The highest BCUT2D eigenvalue weighted by Crippen LogP contribution is 2.24. The maximum absolute atomic E-state index is 12.9. The van der Waals surface area contributed by atoms with E-state index < -0.39 is 10.0 Å². The number of aromatic nitrogens is 2. The molecule has 2 rings (SSSR count). The van der Waals surface area contributed by atoms with Crippen molar-refractivity contribution in [3.05, 3.63) is 40.7 Å². The van der Waals surface area contributed by atoms with Gasteiger partial charge in [0.25, 0.3) is 0 Å². The van der Waals surface area contributed by atoms with Gasteiger partial charge >= 0.3 is 0 Å². The van der Waals surface area contributed by atoms with E-state index in [0.717, 1.165) is 22.1 Å². The molecule has 0 aliphatic heterocycles. The number of rotatable bonds is 9. The van der Waals surface area contributed by atoms with Gasteiger partial charge in [0.2, 0.25) is 15.9 Å². The number of carbonyl (C=O) groups excluding carboxylic acids is 1. The molecule has 0 saturated carbocycles. The van der Waals surface area contributed by atoms with Crippen molar-refractivity contribution in [1.82, 2.24) is 14.3 Å². The zero-order chi connectivity index (χ0) is 22.5. The fraction of sp³-hybridized carbons (Fsp3) is 0.476. The Balaban J connectivity index is 2.15. The highest BCUT2D eigenvalue weighted by Gasteiger charge is 2.24. The fourth-order valence-corrected chi connectivity index (χ4v) is 5.45. The van der Waals surface area contributed by atoms with Crippen LogP contribution in [0.15, 0.2) is 28.3 Å². The fourth-order valence-electron chi connectivity index (χ4n) is 3.28. The van der Waals surface area contributed by atoms with Gasteiger partial charge in [-0.15, -0.1) is 0 Å². The van der Waals surface area contributed by atoms with E-state index in [0.29, 0.717) is 30.8 Å². The van der Waals surface area contributed by atoms with Crippen LogP contribution in [0.5, 0.6) is 0 Å². The van der Waals surface area contributed by atoms with Gasteiger partial charge in [-0.3, -0.25) is 4.79 Å². The average Bonchev–Trinajstić information content (AvgIpc) is 2.69. The van der Waals surface area contributed by atoms with Crippen LogP contribution < -0.4 is 5.32 Å². The molecule has 0 radical (unpaired) electrons. The maximum Gasteiger partial charge on any atom is 0.243 e. The van der Waals surface area contributed by atoms with Crippen molar-refractivity contribution in [2.45, 2.75) is 57.5 Å². The van der Waals surface area contributed by atoms with E-state index in [1.54, 1.807) is 32.9 Å². The van der Waals surface area contributed by atoms with E-state index in [1.165, 1.54) is 22.1 Å². The van der Waals surface area contributed by atoms with Crippen LogP contribution in [0.25, 0.3) is 0 Å². The number of nitrogens with zero attached hydrogens (tertiary/aromatic N) is 3. The Bertz CT molecular complexity index is 996. The zero-order valence-electron chi connectivity index (χ0n) is 18.4. The van der Waals surface area contributed by atoms with Gasteiger partial charge < -0.3 is 5.32 Å². The lowest BCUT2D eigenvalue weighted by Gasteiger charge is -2.20. The van der Waals surface area contributed by atoms with Crippen LogP contribution >= 0.6 is 11.8 Å². The second-order valence-electron chi connectivity index (χ2n) is 6.98. The number of carbonyl (C=O) groups is 1. The summed E-state index contributed by atoms with van der Waals surface area (Å²) in [6.07, 6.45) is 2.71. The molecule has 1 aromatic heterocycles. The molecule has 0 fully saturated rings. The monoisotopic (exact) mass is 450 g/mol. The summed E-state index contributed by atoms with van der Waals surface area (Å²) in [6, 6.07) is 4.98. The summed E-state index contributed by atoms with van der Waals surface area (Å²) in [7, 11) is -3.60. The minimum Gasteiger partial charge on any atom is -0.326 e. The van der Waals surface area contributed by atoms with Gasteiger partial charge in [-0.1, -0.05) is 31.7 Å². The molecule has 1 aromatic carbocycles. The van der Waals surface area contributed by atoms with E-state index in [4.69, 9.17) is 0 Å². The third-order valence-corrected chi connectivity index (χ3v) is 7.72. The third kappa shape index (κ3) is 5.59. The number of hydrogen-bond donors (Lipinski definition) is 1. The smallest absolute Gasteiger partial charge is 0.243 e. The van der Waals surface area contributed by atoms with E-state index in [2.05, 4.69) is 15.3 Å². The molecule has 30 heavy (non-hydrogen) atoms. The summed E-state index contributed by atoms with van der Waals surface area (Å²) in [6.45, 7) is 10.0. The summed E-state index contributed by atoms with van der Waals surface area (Å²) in [5.41, 5.74) is 3.85. The minimum absolute atomic E-state index is 0.183. The van der Waals surface area contributed by atoms with Crippen LogP contribution in [-0.2, 0) is 21.2 Å². The third-order valence-electron chi connectivity index (χ3n) is 4.98. The molecule has 0 atom stereocenters. The number of aryl methyl sites for hydroxylation is 3. The second kappa shape index (κ2) is 10.4. The molecule has 0 bridgehead atoms. The predicted molar refractivity (Wildman–Crippen MR) is 122 cm³/mol. The Labute approximate surface area is 183 Å². The van der Waals surface area contributed by atoms with Crippen molar-refractivity contribution in [3.63, 3.8) is 0 Å². The first-order valence-corrected chi connectivity index (χ1v) is 12.6. The number of sulfonamides is 1. The number of hydrogen-bond acceptors (Lipinski definition) is 6. The van der Waals surface area contributed by atoms with Crippen molar-refractivity contribution in [2.75, 3.05) is 24.7 Å². The average molecular weight is 451 g/mol. The Morgan fingerprint density at radius 1 is 1.10 bits per heavy atom. The van der Waals surface area contributed by atoms with Gasteiger partial charge in [-0.2, -0.15) is 4.31 Å². The molecule has 7 nitrogen and oxygen atoms in total. The van der Waals surface area contributed by atoms with Crippen molar-refractivity contribution in [1.29, 1.82) is 0 Å². The summed E-state index contributed by atoms with van der Waals surface area (Å²) < 4.78 is 27.2.